The fourth-order valence-electron chi connectivity index (χ4n) is 1.47. The van der Waals surface area contributed by atoms with Crippen molar-refractivity contribution in [3.05, 3.63) is 34.3 Å². The van der Waals surface area contributed by atoms with Gasteiger partial charge in [-0.3, -0.25) is 0 Å². The minimum atomic E-state index is 0.216. The Kier molecular flexibility index (Phi) is 5.26. The maximum absolute atomic E-state index is 5.98. The first-order valence-corrected chi connectivity index (χ1v) is 5.93. The summed E-state index contributed by atoms with van der Waals surface area (Å²) in [5, 5.41) is 4.25. The van der Waals surface area contributed by atoms with Gasteiger partial charge >= 0.3 is 0 Å². The van der Waals surface area contributed by atoms with Crippen molar-refractivity contribution in [2.24, 2.45) is 0 Å². The predicted molar refractivity (Wildman–Crippen MR) is 69.0 cm³/mol. The highest BCUT2D eigenvalue weighted by Gasteiger charge is 2.09. The number of hydrogen-bond donors (Lipinski definition) is 1. The molecule has 2 nitrogen and oxygen atoms in total. The standard InChI is InChI=1S/C13H20ClNO/c1-9-7-12(5-6-13(9)14)8-15-10(2)11(3)16-4/h5-7,10-11,15H,8H2,1-4H3. The van der Waals surface area contributed by atoms with Gasteiger partial charge in [-0.05, 0) is 38.0 Å². The Bertz CT molecular complexity index is 341. The highest BCUT2D eigenvalue weighted by Crippen LogP contribution is 2.16. The Morgan fingerprint density at radius 2 is 2.06 bits per heavy atom. The summed E-state index contributed by atoms with van der Waals surface area (Å²) in [6.45, 7) is 7.04. The molecule has 0 aliphatic carbocycles. The minimum absolute atomic E-state index is 0.216. The third-order valence-corrected chi connectivity index (χ3v) is 3.35. The lowest BCUT2D eigenvalue weighted by molar-refractivity contribution is 0.0882. The lowest BCUT2D eigenvalue weighted by Crippen LogP contribution is -2.36. The average Bonchev–Trinajstić information content (AvgIpc) is 2.29. The summed E-state index contributed by atoms with van der Waals surface area (Å²) < 4.78 is 5.26. The molecule has 90 valence electrons. The van der Waals surface area contributed by atoms with Crippen LogP contribution in [0.25, 0.3) is 0 Å². The van der Waals surface area contributed by atoms with Gasteiger partial charge in [-0.15, -0.1) is 0 Å². The molecule has 1 N–H and O–H groups in total. The smallest absolute Gasteiger partial charge is 0.0693 e. The van der Waals surface area contributed by atoms with Crippen molar-refractivity contribution in [1.82, 2.24) is 5.32 Å². The lowest BCUT2D eigenvalue weighted by atomic mass is 10.1. The zero-order valence-electron chi connectivity index (χ0n) is 10.4. The summed E-state index contributed by atoms with van der Waals surface area (Å²) in [5.41, 5.74) is 2.37. The zero-order valence-corrected chi connectivity index (χ0v) is 11.1. The quantitative estimate of drug-likeness (QED) is 0.855. The Hall–Kier alpha value is -0.570. The van der Waals surface area contributed by atoms with E-state index in [4.69, 9.17) is 16.3 Å². The monoisotopic (exact) mass is 241 g/mol. The van der Waals surface area contributed by atoms with Crippen LogP contribution in [-0.2, 0) is 11.3 Å². The first-order chi connectivity index (χ1) is 7.54. The minimum Gasteiger partial charge on any atom is -0.380 e. The third kappa shape index (κ3) is 3.78. The van der Waals surface area contributed by atoms with Crippen LogP contribution in [-0.4, -0.2) is 19.3 Å². The van der Waals surface area contributed by atoms with Crippen molar-refractivity contribution in [2.75, 3.05) is 7.11 Å². The van der Waals surface area contributed by atoms with E-state index in [1.54, 1.807) is 7.11 Å². The van der Waals surface area contributed by atoms with Crippen molar-refractivity contribution >= 4 is 11.6 Å². The van der Waals surface area contributed by atoms with Crippen molar-refractivity contribution < 1.29 is 4.74 Å². The van der Waals surface area contributed by atoms with Gasteiger partial charge in [-0.1, -0.05) is 23.7 Å². The molecule has 0 saturated carbocycles. The number of hydrogen-bond acceptors (Lipinski definition) is 2. The molecule has 0 fully saturated rings. The van der Waals surface area contributed by atoms with Gasteiger partial charge in [-0.2, -0.15) is 0 Å². The molecule has 0 aromatic heterocycles. The van der Waals surface area contributed by atoms with E-state index in [9.17, 15) is 0 Å². The topological polar surface area (TPSA) is 21.3 Å². The fourth-order valence-corrected chi connectivity index (χ4v) is 1.58. The maximum Gasteiger partial charge on any atom is 0.0693 e. The highest BCUT2D eigenvalue weighted by molar-refractivity contribution is 6.31. The van der Waals surface area contributed by atoms with Crippen LogP contribution in [0.4, 0.5) is 0 Å². The molecule has 2 atom stereocenters. The molecular formula is C13H20ClNO. The van der Waals surface area contributed by atoms with Gasteiger partial charge < -0.3 is 10.1 Å². The molecule has 1 aromatic carbocycles. The summed E-state index contributed by atoms with van der Waals surface area (Å²) in [4.78, 5) is 0. The summed E-state index contributed by atoms with van der Waals surface area (Å²) in [5.74, 6) is 0. The van der Waals surface area contributed by atoms with Gasteiger partial charge in [0.2, 0.25) is 0 Å². The SMILES string of the molecule is COC(C)C(C)NCc1ccc(Cl)c(C)c1. The Balaban J connectivity index is 2.51. The van der Waals surface area contributed by atoms with Crippen LogP contribution >= 0.6 is 11.6 Å². The largest absolute Gasteiger partial charge is 0.380 e. The first kappa shape index (κ1) is 13.5. The van der Waals surface area contributed by atoms with Gasteiger partial charge in [0.15, 0.2) is 0 Å². The fraction of sp³-hybridized carbons (Fsp3) is 0.538. The van der Waals surface area contributed by atoms with Crippen molar-refractivity contribution in [2.45, 2.75) is 39.5 Å². The predicted octanol–water partition coefficient (Wildman–Crippen LogP) is 3.16. The molecule has 0 saturated heterocycles. The van der Waals surface area contributed by atoms with Crippen LogP contribution in [0.2, 0.25) is 5.02 Å². The average molecular weight is 242 g/mol. The summed E-state index contributed by atoms with van der Waals surface area (Å²) in [6, 6.07) is 6.44. The number of ether oxygens (including phenoxy) is 1. The molecule has 0 amide bonds. The van der Waals surface area contributed by atoms with E-state index in [0.29, 0.717) is 6.04 Å². The van der Waals surface area contributed by atoms with E-state index < -0.39 is 0 Å². The van der Waals surface area contributed by atoms with E-state index in [1.165, 1.54) is 5.56 Å². The van der Waals surface area contributed by atoms with E-state index in [-0.39, 0.29) is 6.10 Å². The van der Waals surface area contributed by atoms with Gasteiger partial charge in [-0.25, -0.2) is 0 Å². The molecule has 0 radical (unpaired) electrons. The summed E-state index contributed by atoms with van der Waals surface area (Å²) in [6.07, 6.45) is 0.216. The molecule has 16 heavy (non-hydrogen) atoms. The number of nitrogens with one attached hydrogen (secondary N) is 1. The van der Waals surface area contributed by atoms with E-state index in [0.717, 1.165) is 17.1 Å². The van der Waals surface area contributed by atoms with Crippen molar-refractivity contribution in [3.8, 4) is 0 Å². The second-order valence-corrected chi connectivity index (χ2v) is 4.60. The molecule has 0 spiro atoms. The first-order valence-electron chi connectivity index (χ1n) is 5.55. The molecule has 0 aliphatic heterocycles. The van der Waals surface area contributed by atoms with Crippen molar-refractivity contribution in [3.63, 3.8) is 0 Å². The number of rotatable bonds is 5. The maximum atomic E-state index is 5.98. The van der Waals surface area contributed by atoms with E-state index in [2.05, 4.69) is 25.2 Å². The number of methoxy groups -OCH3 is 1. The van der Waals surface area contributed by atoms with Gasteiger partial charge in [0.05, 0.1) is 6.10 Å². The van der Waals surface area contributed by atoms with Crippen LogP contribution in [0.1, 0.15) is 25.0 Å². The number of aryl methyl sites for hydroxylation is 1. The molecule has 0 aliphatic rings. The molecule has 2 unspecified atom stereocenters. The van der Waals surface area contributed by atoms with E-state index >= 15 is 0 Å². The molecular weight excluding hydrogens is 222 g/mol. The van der Waals surface area contributed by atoms with Crippen LogP contribution < -0.4 is 5.32 Å². The lowest BCUT2D eigenvalue weighted by Gasteiger charge is -2.20. The van der Waals surface area contributed by atoms with E-state index in [1.807, 2.05) is 19.1 Å². The van der Waals surface area contributed by atoms with Crippen LogP contribution in [0.3, 0.4) is 0 Å². The second-order valence-electron chi connectivity index (χ2n) is 4.19. The van der Waals surface area contributed by atoms with Crippen LogP contribution in [0, 0.1) is 6.92 Å². The molecule has 1 rings (SSSR count). The van der Waals surface area contributed by atoms with Gasteiger partial charge in [0.25, 0.3) is 0 Å². The molecule has 1 aromatic rings. The van der Waals surface area contributed by atoms with Gasteiger partial charge in [0, 0.05) is 24.7 Å². The summed E-state index contributed by atoms with van der Waals surface area (Å²) >= 11 is 5.98. The summed E-state index contributed by atoms with van der Waals surface area (Å²) in [7, 11) is 1.73. The van der Waals surface area contributed by atoms with Crippen LogP contribution in [0.5, 0.6) is 0 Å². The molecule has 0 heterocycles. The molecule has 0 bridgehead atoms. The van der Waals surface area contributed by atoms with Crippen LogP contribution in [0.15, 0.2) is 18.2 Å². The Labute approximate surface area is 103 Å². The normalized spacial score (nSPS) is 14.8. The third-order valence-electron chi connectivity index (χ3n) is 2.93. The number of halogens is 1. The highest BCUT2D eigenvalue weighted by atomic mass is 35.5. The Morgan fingerprint density at radius 3 is 2.62 bits per heavy atom. The molecule has 3 heteroatoms. The van der Waals surface area contributed by atoms with Gasteiger partial charge in [0.1, 0.15) is 0 Å². The zero-order chi connectivity index (χ0) is 12.1. The van der Waals surface area contributed by atoms with Crippen molar-refractivity contribution in [1.29, 1.82) is 0 Å². The Morgan fingerprint density at radius 1 is 1.38 bits per heavy atom. The second kappa shape index (κ2) is 6.24. The number of benzene rings is 1.